The van der Waals surface area contributed by atoms with Gasteiger partial charge >= 0.3 is 0 Å². The Bertz CT molecular complexity index is 395. The lowest BCUT2D eigenvalue weighted by molar-refractivity contribution is 0.153. The molecule has 1 atom stereocenters. The SMILES string of the molecule is Cc1cccc(C)c1[C@@H](CC(C)C)N1CCNCC1.Cl.Cl. The predicted molar refractivity (Wildman–Crippen MR) is 97.1 cm³/mol. The Morgan fingerprint density at radius 2 is 1.57 bits per heavy atom. The van der Waals surface area contributed by atoms with Crippen molar-refractivity contribution >= 4 is 24.8 Å². The molecule has 1 N–H and O–H groups in total. The van der Waals surface area contributed by atoms with Crippen LogP contribution in [0.2, 0.25) is 0 Å². The highest BCUT2D eigenvalue weighted by Crippen LogP contribution is 2.32. The normalized spacial score (nSPS) is 17.0. The van der Waals surface area contributed by atoms with E-state index in [-0.39, 0.29) is 24.8 Å². The molecule has 0 saturated carbocycles. The van der Waals surface area contributed by atoms with Gasteiger partial charge in [-0.1, -0.05) is 32.0 Å². The van der Waals surface area contributed by atoms with Gasteiger partial charge in [0.15, 0.2) is 0 Å². The number of nitrogens with one attached hydrogen (secondary N) is 1. The van der Waals surface area contributed by atoms with Gasteiger partial charge in [0.2, 0.25) is 0 Å². The van der Waals surface area contributed by atoms with E-state index in [2.05, 4.69) is 56.1 Å². The standard InChI is InChI=1S/C17H28N2.2ClH/c1-13(2)12-16(19-10-8-18-9-11-19)17-14(3)6-5-7-15(17)4;;/h5-7,13,16,18H,8-12H2,1-4H3;2*1H/t16-;;/m1../s1. The van der Waals surface area contributed by atoms with Crippen molar-refractivity contribution in [3.63, 3.8) is 0 Å². The summed E-state index contributed by atoms with van der Waals surface area (Å²) in [6.45, 7) is 13.8. The van der Waals surface area contributed by atoms with Gasteiger partial charge in [-0.15, -0.1) is 24.8 Å². The first-order valence-corrected chi connectivity index (χ1v) is 7.60. The maximum Gasteiger partial charge on any atom is 0.0356 e. The Kier molecular flexibility index (Phi) is 9.55. The summed E-state index contributed by atoms with van der Waals surface area (Å²) in [5.74, 6) is 0.735. The number of rotatable bonds is 4. The first-order valence-electron chi connectivity index (χ1n) is 7.60. The minimum atomic E-state index is 0. The number of hydrogen-bond donors (Lipinski definition) is 1. The second-order valence-electron chi connectivity index (χ2n) is 6.24. The molecule has 0 bridgehead atoms. The van der Waals surface area contributed by atoms with E-state index in [1.54, 1.807) is 5.56 Å². The molecule has 1 heterocycles. The first-order chi connectivity index (χ1) is 9.09. The molecule has 1 aliphatic rings. The van der Waals surface area contributed by atoms with Crippen molar-refractivity contribution in [1.82, 2.24) is 10.2 Å². The average Bonchev–Trinajstić information content (AvgIpc) is 2.38. The summed E-state index contributed by atoms with van der Waals surface area (Å²) >= 11 is 0. The van der Waals surface area contributed by atoms with E-state index in [4.69, 9.17) is 0 Å². The molecule has 1 saturated heterocycles. The van der Waals surface area contributed by atoms with Crippen LogP contribution in [0.5, 0.6) is 0 Å². The Morgan fingerprint density at radius 1 is 1.05 bits per heavy atom. The molecule has 0 radical (unpaired) electrons. The second kappa shape index (κ2) is 9.68. The maximum absolute atomic E-state index is 3.46. The Balaban J connectivity index is 0.00000200. The molecule has 122 valence electrons. The fourth-order valence-electron chi connectivity index (χ4n) is 3.24. The lowest BCUT2D eigenvalue weighted by atomic mass is 9.89. The molecule has 1 aromatic rings. The zero-order valence-corrected chi connectivity index (χ0v) is 15.3. The van der Waals surface area contributed by atoms with Crippen LogP contribution in [0.15, 0.2) is 18.2 Å². The summed E-state index contributed by atoms with van der Waals surface area (Å²) in [4.78, 5) is 2.67. The van der Waals surface area contributed by atoms with E-state index < -0.39 is 0 Å². The van der Waals surface area contributed by atoms with E-state index in [1.165, 1.54) is 30.6 Å². The number of nitrogens with zero attached hydrogens (tertiary/aromatic N) is 1. The minimum absolute atomic E-state index is 0. The van der Waals surface area contributed by atoms with E-state index in [9.17, 15) is 0 Å². The van der Waals surface area contributed by atoms with E-state index >= 15 is 0 Å². The van der Waals surface area contributed by atoms with E-state index in [0.717, 1.165) is 19.0 Å². The summed E-state index contributed by atoms with van der Waals surface area (Å²) in [6, 6.07) is 7.29. The van der Waals surface area contributed by atoms with Crippen molar-refractivity contribution in [2.75, 3.05) is 26.2 Å². The van der Waals surface area contributed by atoms with Crippen LogP contribution in [0, 0.1) is 19.8 Å². The molecule has 2 rings (SSSR count). The summed E-state index contributed by atoms with van der Waals surface area (Å²) in [5.41, 5.74) is 4.46. The molecular formula is C17H30Cl2N2. The molecule has 0 unspecified atom stereocenters. The quantitative estimate of drug-likeness (QED) is 0.891. The molecular weight excluding hydrogens is 303 g/mol. The van der Waals surface area contributed by atoms with Crippen LogP contribution in [0.3, 0.4) is 0 Å². The van der Waals surface area contributed by atoms with Gasteiger partial charge in [0.25, 0.3) is 0 Å². The Morgan fingerprint density at radius 3 is 2.05 bits per heavy atom. The van der Waals surface area contributed by atoms with Crippen molar-refractivity contribution in [3.05, 3.63) is 34.9 Å². The fourth-order valence-corrected chi connectivity index (χ4v) is 3.24. The van der Waals surface area contributed by atoms with Gasteiger partial charge in [0, 0.05) is 32.2 Å². The van der Waals surface area contributed by atoms with Gasteiger partial charge < -0.3 is 5.32 Å². The van der Waals surface area contributed by atoms with Crippen LogP contribution in [0.25, 0.3) is 0 Å². The molecule has 2 nitrogen and oxygen atoms in total. The van der Waals surface area contributed by atoms with Crippen molar-refractivity contribution in [2.24, 2.45) is 5.92 Å². The van der Waals surface area contributed by atoms with Crippen LogP contribution in [0.4, 0.5) is 0 Å². The molecule has 4 heteroatoms. The van der Waals surface area contributed by atoms with Crippen LogP contribution < -0.4 is 5.32 Å². The molecule has 1 aromatic carbocycles. The third kappa shape index (κ3) is 5.45. The van der Waals surface area contributed by atoms with Crippen LogP contribution >= 0.6 is 24.8 Å². The van der Waals surface area contributed by atoms with Crippen LogP contribution in [-0.4, -0.2) is 31.1 Å². The molecule has 21 heavy (non-hydrogen) atoms. The number of aryl methyl sites for hydroxylation is 2. The third-order valence-electron chi connectivity index (χ3n) is 4.16. The van der Waals surface area contributed by atoms with Crippen molar-refractivity contribution in [3.8, 4) is 0 Å². The average molecular weight is 333 g/mol. The lowest BCUT2D eigenvalue weighted by Gasteiger charge is -2.37. The van der Waals surface area contributed by atoms with Crippen LogP contribution in [-0.2, 0) is 0 Å². The highest BCUT2D eigenvalue weighted by Gasteiger charge is 2.25. The molecule has 0 spiro atoms. The Hall–Kier alpha value is -0.280. The molecule has 1 aliphatic heterocycles. The Labute approximate surface area is 142 Å². The van der Waals surface area contributed by atoms with Crippen molar-refractivity contribution in [1.29, 1.82) is 0 Å². The minimum Gasteiger partial charge on any atom is -0.314 e. The van der Waals surface area contributed by atoms with Gasteiger partial charge in [-0.3, -0.25) is 4.90 Å². The van der Waals surface area contributed by atoms with Gasteiger partial charge in [-0.05, 0) is 42.9 Å². The zero-order valence-electron chi connectivity index (χ0n) is 13.7. The predicted octanol–water partition coefficient (Wildman–Crippen LogP) is 4.14. The van der Waals surface area contributed by atoms with Crippen molar-refractivity contribution in [2.45, 2.75) is 40.2 Å². The molecule has 1 fully saturated rings. The number of benzene rings is 1. The highest BCUT2D eigenvalue weighted by molar-refractivity contribution is 5.85. The monoisotopic (exact) mass is 332 g/mol. The van der Waals surface area contributed by atoms with Gasteiger partial charge in [-0.25, -0.2) is 0 Å². The zero-order chi connectivity index (χ0) is 13.8. The highest BCUT2D eigenvalue weighted by atomic mass is 35.5. The molecule has 0 aromatic heterocycles. The first kappa shape index (κ1) is 20.7. The largest absolute Gasteiger partial charge is 0.314 e. The van der Waals surface area contributed by atoms with Crippen molar-refractivity contribution < 1.29 is 0 Å². The summed E-state index contributed by atoms with van der Waals surface area (Å²) in [6.07, 6.45) is 1.26. The topological polar surface area (TPSA) is 15.3 Å². The molecule has 0 aliphatic carbocycles. The van der Waals surface area contributed by atoms with Gasteiger partial charge in [0.05, 0.1) is 0 Å². The van der Waals surface area contributed by atoms with Gasteiger partial charge in [-0.2, -0.15) is 0 Å². The van der Waals surface area contributed by atoms with E-state index in [0.29, 0.717) is 6.04 Å². The summed E-state index contributed by atoms with van der Waals surface area (Å²) < 4.78 is 0. The van der Waals surface area contributed by atoms with E-state index in [1.807, 2.05) is 0 Å². The third-order valence-corrected chi connectivity index (χ3v) is 4.16. The molecule has 0 amide bonds. The van der Waals surface area contributed by atoms with Crippen LogP contribution in [0.1, 0.15) is 43.0 Å². The summed E-state index contributed by atoms with van der Waals surface area (Å²) in [5, 5.41) is 3.46. The number of hydrogen-bond acceptors (Lipinski definition) is 2. The number of piperazine rings is 1. The number of halogens is 2. The smallest absolute Gasteiger partial charge is 0.0356 e. The van der Waals surface area contributed by atoms with Gasteiger partial charge in [0.1, 0.15) is 0 Å². The second-order valence-corrected chi connectivity index (χ2v) is 6.24. The maximum atomic E-state index is 3.46. The lowest BCUT2D eigenvalue weighted by Crippen LogP contribution is -2.45. The summed E-state index contributed by atoms with van der Waals surface area (Å²) in [7, 11) is 0. The fraction of sp³-hybridized carbons (Fsp3) is 0.647.